The van der Waals surface area contributed by atoms with E-state index < -0.39 is 6.10 Å². The smallest absolute Gasteiger partial charge is 0.314 e. The Morgan fingerprint density at radius 1 is 1.26 bits per heavy atom. The summed E-state index contributed by atoms with van der Waals surface area (Å²) < 4.78 is 0. The number of urea groups is 1. The largest absolute Gasteiger partial charge is 0.391 e. The molecule has 3 N–H and O–H groups in total. The Labute approximate surface area is 139 Å². The lowest BCUT2D eigenvalue weighted by molar-refractivity contribution is 0.0649. The molecule has 128 valence electrons. The van der Waals surface area contributed by atoms with Crippen LogP contribution in [0.2, 0.25) is 0 Å². The summed E-state index contributed by atoms with van der Waals surface area (Å²) in [5, 5.41) is 15.5. The van der Waals surface area contributed by atoms with Gasteiger partial charge >= 0.3 is 6.03 Å². The van der Waals surface area contributed by atoms with Crippen molar-refractivity contribution in [2.24, 2.45) is 5.41 Å². The Hall–Kier alpha value is -1.59. The Morgan fingerprint density at radius 3 is 2.65 bits per heavy atom. The molecule has 0 spiro atoms. The first-order valence-electron chi connectivity index (χ1n) is 8.35. The van der Waals surface area contributed by atoms with Crippen LogP contribution in [0.1, 0.15) is 31.9 Å². The Bertz CT molecular complexity index is 525. The van der Waals surface area contributed by atoms with Gasteiger partial charge in [0, 0.05) is 32.7 Å². The number of rotatable bonds is 5. The fourth-order valence-electron chi connectivity index (χ4n) is 2.63. The molecule has 1 aromatic rings. The molecule has 1 aromatic carbocycles. The van der Waals surface area contributed by atoms with Crippen LogP contribution in [0.5, 0.6) is 0 Å². The molecule has 0 saturated carbocycles. The number of amides is 2. The lowest BCUT2D eigenvalue weighted by Gasteiger charge is -2.29. The monoisotopic (exact) mass is 319 g/mol. The van der Waals surface area contributed by atoms with Crippen LogP contribution < -0.4 is 10.6 Å². The average Bonchev–Trinajstić information content (AvgIpc) is 2.51. The number of carbonyl (C=O) groups is 1. The second kappa shape index (κ2) is 7.79. The predicted octanol–water partition coefficient (Wildman–Crippen LogP) is 1.75. The number of carbonyl (C=O) groups excluding carboxylic acids is 1. The van der Waals surface area contributed by atoms with E-state index in [9.17, 15) is 9.90 Å². The zero-order chi connectivity index (χ0) is 16.9. The maximum Gasteiger partial charge on any atom is 0.314 e. The first kappa shape index (κ1) is 17.8. The summed E-state index contributed by atoms with van der Waals surface area (Å²) in [6, 6.07) is 8.32. The topological polar surface area (TPSA) is 64.6 Å². The molecule has 1 aliphatic rings. The van der Waals surface area contributed by atoms with E-state index in [1.165, 1.54) is 11.1 Å². The summed E-state index contributed by atoms with van der Waals surface area (Å²) in [6.45, 7) is 9.54. The number of hydrogen-bond donors (Lipinski definition) is 3. The molecular weight excluding hydrogens is 290 g/mol. The van der Waals surface area contributed by atoms with Gasteiger partial charge in [0.05, 0.1) is 6.10 Å². The van der Waals surface area contributed by atoms with Gasteiger partial charge in [-0.2, -0.15) is 0 Å². The highest BCUT2D eigenvalue weighted by molar-refractivity contribution is 5.73. The van der Waals surface area contributed by atoms with Crippen molar-refractivity contribution in [2.45, 2.75) is 39.8 Å². The van der Waals surface area contributed by atoms with Crippen molar-refractivity contribution in [3.63, 3.8) is 0 Å². The van der Waals surface area contributed by atoms with E-state index in [4.69, 9.17) is 0 Å². The molecule has 1 unspecified atom stereocenters. The summed E-state index contributed by atoms with van der Waals surface area (Å²) in [4.78, 5) is 14.1. The third-order valence-corrected chi connectivity index (χ3v) is 4.38. The van der Waals surface area contributed by atoms with E-state index >= 15 is 0 Å². The molecule has 5 nitrogen and oxygen atoms in total. The lowest BCUT2D eigenvalue weighted by Crippen LogP contribution is -2.45. The minimum atomic E-state index is -0.549. The van der Waals surface area contributed by atoms with Gasteiger partial charge < -0.3 is 15.7 Å². The van der Waals surface area contributed by atoms with Crippen molar-refractivity contribution >= 4 is 6.03 Å². The average molecular weight is 319 g/mol. The first-order chi connectivity index (χ1) is 10.9. The van der Waals surface area contributed by atoms with Crippen LogP contribution in [-0.4, -0.2) is 48.3 Å². The number of aliphatic hydroxyl groups excluding tert-OH is 1. The van der Waals surface area contributed by atoms with Crippen molar-refractivity contribution in [2.75, 3.05) is 26.2 Å². The second-order valence-electron chi connectivity index (χ2n) is 7.31. The van der Waals surface area contributed by atoms with Gasteiger partial charge in [0.15, 0.2) is 0 Å². The number of benzene rings is 1. The molecule has 0 fully saturated rings. The Balaban J connectivity index is 1.65. The summed E-state index contributed by atoms with van der Waals surface area (Å²) in [5.41, 5.74) is 2.59. The van der Waals surface area contributed by atoms with Gasteiger partial charge in [0.25, 0.3) is 0 Å². The SMILES string of the molecule is CC(C)(C)C(O)CNC(=O)NCCN1CCc2ccccc2C1. The van der Waals surface area contributed by atoms with Gasteiger partial charge in [0.2, 0.25) is 0 Å². The van der Waals surface area contributed by atoms with E-state index in [-0.39, 0.29) is 18.0 Å². The van der Waals surface area contributed by atoms with E-state index in [1.54, 1.807) is 0 Å². The molecule has 0 radical (unpaired) electrons. The van der Waals surface area contributed by atoms with Crippen LogP contribution in [-0.2, 0) is 13.0 Å². The third kappa shape index (κ3) is 5.52. The van der Waals surface area contributed by atoms with Crippen LogP contribution >= 0.6 is 0 Å². The van der Waals surface area contributed by atoms with Crippen molar-refractivity contribution < 1.29 is 9.90 Å². The maximum atomic E-state index is 11.8. The van der Waals surface area contributed by atoms with E-state index in [0.29, 0.717) is 6.54 Å². The van der Waals surface area contributed by atoms with Crippen molar-refractivity contribution in [1.29, 1.82) is 0 Å². The molecule has 0 saturated heterocycles. The maximum absolute atomic E-state index is 11.8. The van der Waals surface area contributed by atoms with Gasteiger partial charge in [-0.1, -0.05) is 45.0 Å². The lowest BCUT2D eigenvalue weighted by atomic mass is 9.89. The quantitative estimate of drug-likeness (QED) is 0.775. The minimum absolute atomic E-state index is 0.217. The second-order valence-corrected chi connectivity index (χ2v) is 7.31. The zero-order valence-corrected chi connectivity index (χ0v) is 14.4. The number of hydrogen-bond acceptors (Lipinski definition) is 3. The molecule has 1 aliphatic heterocycles. The number of fused-ring (bicyclic) bond motifs is 1. The highest BCUT2D eigenvalue weighted by Crippen LogP contribution is 2.18. The van der Waals surface area contributed by atoms with Crippen LogP contribution in [0.15, 0.2) is 24.3 Å². The van der Waals surface area contributed by atoms with E-state index in [0.717, 1.165) is 26.1 Å². The van der Waals surface area contributed by atoms with Crippen LogP contribution in [0.4, 0.5) is 4.79 Å². The Kier molecular flexibility index (Phi) is 6.02. The van der Waals surface area contributed by atoms with E-state index in [1.807, 2.05) is 20.8 Å². The fourth-order valence-corrected chi connectivity index (χ4v) is 2.63. The Morgan fingerprint density at radius 2 is 1.96 bits per heavy atom. The molecular formula is C18H29N3O2. The summed E-state index contributed by atoms with van der Waals surface area (Å²) in [7, 11) is 0. The molecule has 1 atom stereocenters. The molecule has 5 heteroatoms. The van der Waals surface area contributed by atoms with Crippen molar-refractivity contribution in [1.82, 2.24) is 15.5 Å². The van der Waals surface area contributed by atoms with Gasteiger partial charge in [-0.3, -0.25) is 4.90 Å². The molecule has 2 amide bonds. The summed E-state index contributed by atoms with van der Waals surface area (Å²) in [6.07, 6.45) is 0.520. The molecule has 0 aliphatic carbocycles. The zero-order valence-electron chi connectivity index (χ0n) is 14.4. The molecule has 0 bridgehead atoms. The normalized spacial score (nSPS) is 16.5. The van der Waals surface area contributed by atoms with Gasteiger partial charge in [0.1, 0.15) is 0 Å². The third-order valence-electron chi connectivity index (χ3n) is 4.38. The fraction of sp³-hybridized carbons (Fsp3) is 0.611. The van der Waals surface area contributed by atoms with Crippen LogP contribution in [0.25, 0.3) is 0 Å². The van der Waals surface area contributed by atoms with E-state index in [2.05, 4.69) is 39.8 Å². The van der Waals surface area contributed by atoms with Crippen molar-refractivity contribution in [3.8, 4) is 0 Å². The minimum Gasteiger partial charge on any atom is -0.391 e. The van der Waals surface area contributed by atoms with Gasteiger partial charge in [-0.05, 0) is 23.0 Å². The first-order valence-corrected chi connectivity index (χ1v) is 8.35. The summed E-state index contributed by atoms with van der Waals surface area (Å²) >= 11 is 0. The number of aliphatic hydroxyl groups is 1. The van der Waals surface area contributed by atoms with Gasteiger partial charge in [-0.25, -0.2) is 4.79 Å². The molecule has 1 heterocycles. The molecule has 0 aromatic heterocycles. The van der Waals surface area contributed by atoms with Gasteiger partial charge in [-0.15, -0.1) is 0 Å². The van der Waals surface area contributed by atoms with Crippen LogP contribution in [0, 0.1) is 5.41 Å². The standard InChI is InChI=1S/C18H29N3O2/c1-18(2,3)16(22)12-20-17(23)19-9-11-21-10-8-14-6-4-5-7-15(14)13-21/h4-7,16,22H,8-13H2,1-3H3,(H2,19,20,23). The predicted molar refractivity (Wildman–Crippen MR) is 92.3 cm³/mol. The number of nitrogens with one attached hydrogen (secondary N) is 2. The number of nitrogens with zero attached hydrogens (tertiary/aromatic N) is 1. The molecule has 2 rings (SSSR count). The summed E-state index contributed by atoms with van der Waals surface area (Å²) in [5.74, 6) is 0. The van der Waals surface area contributed by atoms with Crippen molar-refractivity contribution in [3.05, 3.63) is 35.4 Å². The highest BCUT2D eigenvalue weighted by atomic mass is 16.3. The molecule has 23 heavy (non-hydrogen) atoms. The highest BCUT2D eigenvalue weighted by Gasteiger charge is 2.22. The van der Waals surface area contributed by atoms with Crippen LogP contribution in [0.3, 0.4) is 0 Å².